The fourth-order valence-corrected chi connectivity index (χ4v) is 0.331. The van der Waals surface area contributed by atoms with Crippen LogP contribution in [0.15, 0.2) is 11.8 Å². The summed E-state index contributed by atoms with van der Waals surface area (Å²) in [5, 5.41) is 10.5. The minimum absolute atomic E-state index is 0.729. The summed E-state index contributed by atoms with van der Waals surface area (Å²) < 4.78 is 0.833. The minimum Gasteiger partial charge on any atom is -0.619 e. The average molecular weight is 113 g/mol. The van der Waals surface area contributed by atoms with Crippen molar-refractivity contribution >= 4 is 6.21 Å². The van der Waals surface area contributed by atoms with Gasteiger partial charge >= 0.3 is 0 Å². The van der Waals surface area contributed by atoms with Crippen molar-refractivity contribution in [2.45, 2.75) is 20.8 Å². The number of hydrogen-bond acceptors (Lipinski definition) is 1. The first-order valence-electron chi connectivity index (χ1n) is 2.61. The predicted octanol–water partition coefficient (Wildman–Crippen LogP) is 1.51. The lowest BCUT2D eigenvalue weighted by Gasteiger charge is -1.98. The molecular weight excluding hydrogens is 102 g/mol. The van der Waals surface area contributed by atoms with Gasteiger partial charge in [0.1, 0.15) is 0 Å². The molecule has 0 fully saturated rings. The van der Waals surface area contributed by atoms with Crippen LogP contribution in [0.2, 0.25) is 0 Å². The van der Waals surface area contributed by atoms with E-state index in [0.29, 0.717) is 0 Å². The lowest BCUT2D eigenvalue weighted by Crippen LogP contribution is -1.98. The normalized spacial score (nSPS) is 14.4. The molecule has 0 aromatic carbocycles. The lowest BCUT2D eigenvalue weighted by atomic mass is 10.5. The van der Waals surface area contributed by atoms with Crippen molar-refractivity contribution in [2.24, 2.45) is 0 Å². The van der Waals surface area contributed by atoms with Crippen molar-refractivity contribution in [1.82, 2.24) is 0 Å². The average Bonchev–Trinajstić information content (AvgIpc) is 1.84. The summed E-state index contributed by atoms with van der Waals surface area (Å²) in [7, 11) is 0. The molecular formula is C6H11NO. The smallest absolute Gasteiger partial charge is 0.185 e. The number of allylic oxidation sites excluding steroid dienone is 2. The Morgan fingerprint density at radius 3 is 2.12 bits per heavy atom. The Morgan fingerprint density at radius 2 is 2.00 bits per heavy atom. The zero-order chi connectivity index (χ0) is 6.57. The monoisotopic (exact) mass is 113 g/mol. The third kappa shape index (κ3) is 1.78. The second kappa shape index (κ2) is 3.24. The fourth-order valence-electron chi connectivity index (χ4n) is 0.331. The Labute approximate surface area is 49.7 Å². The van der Waals surface area contributed by atoms with Crippen molar-refractivity contribution in [2.75, 3.05) is 0 Å². The lowest BCUT2D eigenvalue weighted by molar-refractivity contribution is -0.396. The summed E-state index contributed by atoms with van der Waals surface area (Å²) >= 11 is 0. The molecule has 0 aromatic rings. The summed E-state index contributed by atoms with van der Waals surface area (Å²) in [6.45, 7) is 5.32. The molecule has 0 aliphatic rings. The van der Waals surface area contributed by atoms with Gasteiger partial charge in [-0.2, -0.15) is 4.74 Å². The zero-order valence-electron chi connectivity index (χ0n) is 5.51. The van der Waals surface area contributed by atoms with Crippen LogP contribution in [0.5, 0.6) is 0 Å². The SMILES string of the molecule is C/C=[N+]([O-])/C(C)=C/C. The standard InChI is InChI=1S/C6H11NO/c1-4-6(3)7(8)5-2/h4-5H,1-3H3/b6-4+,7-5-. The van der Waals surface area contributed by atoms with Crippen molar-refractivity contribution in [1.29, 1.82) is 0 Å². The van der Waals surface area contributed by atoms with Crippen LogP contribution in [0.1, 0.15) is 20.8 Å². The predicted molar refractivity (Wildman–Crippen MR) is 34.8 cm³/mol. The van der Waals surface area contributed by atoms with E-state index >= 15 is 0 Å². The van der Waals surface area contributed by atoms with E-state index in [0.717, 1.165) is 10.4 Å². The van der Waals surface area contributed by atoms with Gasteiger partial charge < -0.3 is 5.21 Å². The maximum absolute atomic E-state index is 10.5. The summed E-state index contributed by atoms with van der Waals surface area (Å²) in [6, 6.07) is 0. The molecule has 0 atom stereocenters. The Hall–Kier alpha value is -0.790. The van der Waals surface area contributed by atoms with Gasteiger partial charge in [0.15, 0.2) is 11.9 Å². The summed E-state index contributed by atoms with van der Waals surface area (Å²) in [5.74, 6) is 0. The molecule has 0 N–H and O–H groups in total. The Morgan fingerprint density at radius 1 is 1.50 bits per heavy atom. The summed E-state index contributed by atoms with van der Waals surface area (Å²) in [6.07, 6.45) is 3.25. The number of nitrogens with zero attached hydrogens (tertiary/aromatic N) is 1. The van der Waals surface area contributed by atoms with Gasteiger partial charge in [-0.15, -0.1) is 0 Å². The highest BCUT2D eigenvalue weighted by atomic mass is 16.5. The second-order valence-corrected chi connectivity index (χ2v) is 1.51. The second-order valence-electron chi connectivity index (χ2n) is 1.51. The molecule has 0 saturated carbocycles. The van der Waals surface area contributed by atoms with Gasteiger partial charge in [0.2, 0.25) is 0 Å². The topological polar surface area (TPSA) is 26.1 Å². The van der Waals surface area contributed by atoms with Gasteiger partial charge in [-0.05, 0) is 13.0 Å². The highest BCUT2D eigenvalue weighted by molar-refractivity contribution is 5.47. The molecule has 0 spiro atoms. The molecule has 0 heterocycles. The van der Waals surface area contributed by atoms with Crippen molar-refractivity contribution in [3.63, 3.8) is 0 Å². The summed E-state index contributed by atoms with van der Waals surface area (Å²) in [5.41, 5.74) is 0.729. The Bertz CT molecular complexity index is 108. The number of hydroxylamine groups is 1. The van der Waals surface area contributed by atoms with Crippen molar-refractivity contribution in [3.05, 3.63) is 17.0 Å². The van der Waals surface area contributed by atoms with Gasteiger partial charge in [-0.3, -0.25) is 0 Å². The van der Waals surface area contributed by atoms with Gasteiger partial charge in [-0.25, -0.2) is 0 Å². The van der Waals surface area contributed by atoms with Crippen LogP contribution in [0.4, 0.5) is 0 Å². The molecule has 2 heteroatoms. The highest BCUT2D eigenvalue weighted by Gasteiger charge is 1.89. The molecule has 0 aromatic heterocycles. The maximum atomic E-state index is 10.5. The number of rotatable bonds is 1. The minimum atomic E-state index is 0.729. The molecule has 0 radical (unpaired) electrons. The maximum Gasteiger partial charge on any atom is 0.185 e. The highest BCUT2D eigenvalue weighted by Crippen LogP contribution is 1.89. The molecule has 0 bridgehead atoms. The molecule has 0 aliphatic heterocycles. The van der Waals surface area contributed by atoms with E-state index in [9.17, 15) is 5.21 Å². The van der Waals surface area contributed by atoms with Crippen LogP contribution in [0.3, 0.4) is 0 Å². The number of hydrogen-bond donors (Lipinski definition) is 0. The van der Waals surface area contributed by atoms with Crippen LogP contribution in [0, 0.1) is 5.21 Å². The quantitative estimate of drug-likeness (QED) is 0.219. The van der Waals surface area contributed by atoms with Crippen LogP contribution >= 0.6 is 0 Å². The molecule has 0 amide bonds. The van der Waals surface area contributed by atoms with E-state index in [2.05, 4.69) is 0 Å². The Kier molecular flexibility index (Phi) is 2.92. The van der Waals surface area contributed by atoms with Crippen LogP contribution in [-0.2, 0) is 0 Å². The van der Waals surface area contributed by atoms with Crippen molar-refractivity contribution in [3.8, 4) is 0 Å². The first-order valence-corrected chi connectivity index (χ1v) is 2.61. The molecule has 0 aliphatic carbocycles. The van der Waals surface area contributed by atoms with Gasteiger partial charge in [0.25, 0.3) is 0 Å². The molecule has 8 heavy (non-hydrogen) atoms. The summed E-state index contributed by atoms with van der Waals surface area (Å²) in [4.78, 5) is 0. The molecule has 0 saturated heterocycles. The van der Waals surface area contributed by atoms with E-state index in [1.165, 1.54) is 6.21 Å². The van der Waals surface area contributed by atoms with E-state index in [1.807, 2.05) is 6.92 Å². The largest absolute Gasteiger partial charge is 0.619 e. The van der Waals surface area contributed by atoms with Crippen LogP contribution < -0.4 is 0 Å². The van der Waals surface area contributed by atoms with E-state index in [-0.39, 0.29) is 0 Å². The van der Waals surface area contributed by atoms with Gasteiger partial charge in [0, 0.05) is 13.8 Å². The first-order chi connectivity index (χ1) is 3.72. The van der Waals surface area contributed by atoms with Crippen LogP contribution in [0.25, 0.3) is 0 Å². The third-order valence-electron chi connectivity index (χ3n) is 1.000. The molecule has 0 rings (SSSR count). The van der Waals surface area contributed by atoms with E-state index in [4.69, 9.17) is 0 Å². The van der Waals surface area contributed by atoms with Gasteiger partial charge in [-0.1, -0.05) is 0 Å². The first kappa shape index (κ1) is 7.21. The molecule has 46 valence electrons. The van der Waals surface area contributed by atoms with E-state index < -0.39 is 0 Å². The zero-order valence-corrected chi connectivity index (χ0v) is 5.51. The van der Waals surface area contributed by atoms with Gasteiger partial charge in [0.05, 0.1) is 0 Å². The molecule has 0 unspecified atom stereocenters. The van der Waals surface area contributed by atoms with E-state index in [1.54, 1.807) is 19.9 Å². The van der Waals surface area contributed by atoms with Crippen molar-refractivity contribution < 1.29 is 4.74 Å². The fraction of sp³-hybridized carbons (Fsp3) is 0.500. The Balaban J connectivity index is 4.04. The molecule has 2 nitrogen and oxygen atoms in total. The van der Waals surface area contributed by atoms with Crippen LogP contribution in [-0.4, -0.2) is 11.0 Å². The third-order valence-corrected chi connectivity index (χ3v) is 1.000.